The Kier molecular flexibility index (Phi) is 4.18. The average molecular weight is 320 g/mol. The van der Waals surface area contributed by atoms with Crippen LogP contribution in [0.1, 0.15) is 10.4 Å². The van der Waals surface area contributed by atoms with Crippen molar-refractivity contribution in [3.63, 3.8) is 0 Å². The second-order valence-corrected chi connectivity index (χ2v) is 5.16. The first-order chi connectivity index (χ1) is 8.54. The lowest BCUT2D eigenvalue weighted by Gasteiger charge is -2.10. The topological polar surface area (TPSA) is 17.1 Å². The summed E-state index contributed by atoms with van der Waals surface area (Å²) in [6, 6.07) is 8.44. The standard InChI is InChI=1S/C13H6Cl4O/c14-9-5-10(15)12(16)13(17)11(9)8-3-1-2-7(4-8)6-18/h1-6H. The molecule has 1 nitrogen and oxygen atoms in total. The average Bonchev–Trinajstić information content (AvgIpc) is 2.36. The van der Waals surface area contributed by atoms with E-state index in [-0.39, 0.29) is 10.0 Å². The van der Waals surface area contributed by atoms with Gasteiger partial charge in [-0.15, -0.1) is 0 Å². The Hall–Kier alpha value is -0.730. The van der Waals surface area contributed by atoms with Crippen LogP contribution in [0.15, 0.2) is 30.3 Å². The van der Waals surface area contributed by atoms with E-state index in [9.17, 15) is 4.79 Å². The molecule has 0 aliphatic heterocycles. The maximum atomic E-state index is 10.8. The Morgan fingerprint density at radius 2 is 1.61 bits per heavy atom. The van der Waals surface area contributed by atoms with E-state index >= 15 is 0 Å². The Labute approximate surface area is 124 Å². The molecule has 0 aliphatic rings. The Morgan fingerprint density at radius 3 is 2.28 bits per heavy atom. The zero-order chi connectivity index (χ0) is 13.3. The van der Waals surface area contributed by atoms with Crippen molar-refractivity contribution in [3.05, 3.63) is 56.0 Å². The normalized spacial score (nSPS) is 10.4. The van der Waals surface area contributed by atoms with Crippen LogP contribution in [0.4, 0.5) is 0 Å². The van der Waals surface area contributed by atoms with E-state index in [1.165, 1.54) is 6.07 Å². The highest BCUT2D eigenvalue weighted by Crippen LogP contribution is 2.42. The number of benzene rings is 2. The molecule has 0 radical (unpaired) electrons. The van der Waals surface area contributed by atoms with Gasteiger partial charge in [-0.3, -0.25) is 4.79 Å². The van der Waals surface area contributed by atoms with Gasteiger partial charge in [0.2, 0.25) is 0 Å². The van der Waals surface area contributed by atoms with Gasteiger partial charge in [0, 0.05) is 11.1 Å². The van der Waals surface area contributed by atoms with Gasteiger partial charge in [0.1, 0.15) is 6.29 Å². The summed E-state index contributed by atoms with van der Waals surface area (Å²) >= 11 is 24.1. The molecule has 2 aromatic rings. The summed E-state index contributed by atoms with van der Waals surface area (Å²) in [5.41, 5.74) is 1.82. The maximum Gasteiger partial charge on any atom is 0.150 e. The lowest BCUT2D eigenvalue weighted by molar-refractivity contribution is 0.112. The van der Waals surface area contributed by atoms with Crippen LogP contribution in [-0.4, -0.2) is 6.29 Å². The lowest BCUT2D eigenvalue weighted by atomic mass is 10.0. The lowest BCUT2D eigenvalue weighted by Crippen LogP contribution is -1.86. The first kappa shape index (κ1) is 13.7. The van der Waals surface area contributed by atoms with Gasteiger partial charge in [0.05, 0.1) is 20.1 Å². The molecule has 0 aromatic heterocycles. The van der Waals surface area contributed by atoms with Crippen molar-refractivity contribution in [2.45, 2.75) is 0 Å². The first-order valence-electron chi connectivity index (χ1n) is 4.93. The molecule has 0 aliphatic carbocycles. The molecular formula is C13H6Cl4O. The quantitative estimate of drug-likeness (QED) is 0.389. The highest BCUT2D eigenvalue weighted by molar-refractivity contribution is 6.51. The van der Waals surface area contributed by atoms with Crippen LogP contribution in [0.3, 0.4) is 0 Å². The third-order valence-corrected chi connectivity index (χ3v) is 3.99. The van der Waals surface area contributed by atoms with Gasteiger partial charge in [0.15, 0.2) is 0 Å². The third-order valence-electron chi connectivity index (χ3n) is 2.43. The van der Waals surface area contributed by atoms with Gasteiger partial charge in [-0.1, -0.05) is 64.6 Å². The number of rotatable bonds is 2. The molecule has 0 N–H and O–H groups in total. The summed E-state index contributed by atoms with van der Waals surface area (Å²) in [6.45, 7) is 0. The molecule has 0 spiro atoms. The predicted octanol–water partition coefficient (Wildman–Crippen LogP) is 5.78. The van der Waals surface area contributed by atoms with Gasteiger partial charge in [-0.05, 0) is 17.7 Å². The summed E-state index contributed by atoms with van der Waals surface area (Å²) < 4.78 is 0. The minimum atomic E-state index is 0.245. The van der Waals surface area contributed by atoms with E-state index in [0.29, 0.717) is 26.7 Å². The molecule has 0 unspecified atom stereocenters. The van der Waals surface area contributed by atoms with Crippen LogP contribution in [0.25, 0.3) is 11.1 Å². The molecule has 0 amide bonds. The molecule has 0 atom stereocenters. The SMILES string of the molecule is O=Cc1cccc(-c2c(Cl)cc(Cl)c(Cl)c2Cl)c1. The first-order valence-corrected chi connectivity index (χ1v) is 6.44. The molecule has 18 heavy (non-hydrogen) atoms. The van der Waals surface area contributed by atoms with Crippen LogP contribution in [-0.2, 0) is 0 Å². The molecule has 0 fully saturated rings. The Morgan fingerprint density at radius 1 is 0.889 bits per heavy atom. The Bertz CT molecular complexity index is 623. The number of carbonyl (C=O) groups excluding carboxylic acids is 1. The van der Waals surface area contributed by atoms with E-state index in [0.717, 1.165) is 6.29 Å². The van der Waals surface area contributed by atoms with E-state index in [1.807, 2.05) is 0 Å². The Balaban J connectivity index is 2.70. The summed E-state index contributed by atoms with van der Waals surface area (Å²) in [7, 11) is 0. The van der Waals surface area contributed by atoms with Crippen LogP contribution >= 0.6 is 46.4 Å². The number of carbonyl (C=O) groups is 1. The number of aldehydes is 1. The molecule has 5 heteroatoms. The molecule has 2 aromatic carbocycles. The number of hydrogen-bond donors (Lipinski definition) is 0. The zero-order valence-corrected chi connectivity index (χ0v) is 11.9. The second-order valence-electron chi connectivity index (χ2n) is 3.59. The fraction of sp³-hybridized carbons (Fsp3) is 0. The van der Waals surface area contributed by atoms with Crippen molar-refractivity contribution in [2.75, 3.05) is 0 Å². The molecular weight excluding hydrogens is 314 g/mol. The summed E-state index contributed by atoms with van der Waals surface area (Å²) in [5, 5.41) is 1.20. The zero-order valence-electron chi connectivity index (χ0n) is 8.88. The van der Waals surface area contributed by atoms with E-state index in [1.54, 1.807) is 24.3 Å². The molecule has 2 rings (SSSR count). The highest BCUT2D eigenvalue weighted by atomic mass is 35.5. The fourth-order valence-corrected chi connectivity index (χ4v) is 2.73. The van der Waals surface area contributed by atoms with Crippen molar-refractivity contribution in [2.24, 2.45) is 0 Å². The van der Waals surface area contributed by atoms with Gasteiger partial charge < -0.3 is 0 Å². The molecule has 0 saturated carbocycles. The van der Waals surface area contributed by atoms with Crippen molar-refractivity contribution < 1.29 is 4.79 Å². The minimum absolute atomic E-state index is 0.245. The van der Waals surface area contributed by atoms with E-state index < -0.39 is 0 Å². The highest BCUT2D eigenvalue weighted by Gasteiger charge is 2.15. The van der Waals surface area contributed by atoms with Crippen LogP contribution in [0, 0.1) is 0 Å². The monoisotopic (exact) mass is 318 g/mol. The van der Waals surface area contributed by atoms with E-state index in [4.69, 9.17) is 46.4 Å². The fourth-order valence-electron chi connectivity index (χ4n) is 1.60. The smallest absolute Gasteiger partial charge is 0.150 e. The molecule has 0 heterocycles. The predicted molar refractivity (Wildman–Crippen MR) is 77.3 cm³/mol. The molecule has 0 saturated heterocycles. The summed E-state index contributed by atoms with van der Waals surface area (Å²) in [5.74, 6) is 0. The summed E-state index contributed by atoms with van der Waals surface area (Å²) in [6.07, 6.45) is 0.753. The van der Waals surface area contributed by atoms with Crippen LogP contribution in [0.2, 0.25) is 20.1 Å². The van der Waals surface area contributed by atoms with Gasteiger partial charge >= 0.3 is 0 Å². The molecule has 92 valence electrons. The largest absolute Gasteiger partial charge is 0.298 e. The minimum Gasteiger partial charge on any atom is -0.298 e. The third kappa shape index (κ3) is 2.50. The van der Waals surface area contributed by atoms with Crippen molar-refractivity contribution in [1.82, 2.24) is 0 Å². The van der Waals surface area contributed by atoms with Crippen LogP contribution in [0.5, 0.6) is 0 Å². The van der Waals surface area contributed by atoms with Crippen molar-refractivity contribution in [3.8, 4) is 11.1 Å². The van der Waals surface area contributed by atoms with Crippen molar-refractivity contribution >= 4 is 52.7 Å². The number of halogens is 4. The maximum absolute atomic E-state index is 10.8. The van der Waals surface area contributed by atoms with Gasteiger partial charge in [0.25, 0.3) is 0 Å². The van der Waals surface area contributed by atoms with Crippen LogP contribution < -0.4 is 0 Å². The molecule has 0 bridgehead atoms. The van der Waals surface area contributed by atoms with Gasteiger partial charge in [-0.25, -0.2) is 0 Å². The second kappa shape index (κ2) is 5.50. The summed E-state index contributed by atoms with van der Waals surface area (Å²) in [4.78, 5) is 10.8. The van der Waals surface area contributed by atoms with Crippen molar-refractivity contribution in [1.29, 1.82) is 0 Å². The van der Waals surface area contributed by atoms with Gasteiger partial charge in [-0.2, -0.15) is 0 Å². The number of hydrogen-bond acceptors (Lipinski definition) is 1. The van der Waals surface area contributed by atoms with E-state index in [2.05, 4.69) is 0 Å².